The van der Waals surface area contributed by atoms with Gasteiger partial charge in [-0.15, -0.1) is 4.91 Å². The van der Waals surface area contributed by atoms with Crippen LogP contribution in [0.3, 0.4) is 0 Å². The first kappa shape index (κ1) is 31.4. The number of nitroso groups, excluding NO2 is 1. The number of alkyl halides is 3. The maximum atomic E-state index is 13.8. The largest absolute Gasteiger partial charge is 0.493 e. The number of ether oxygens (including phenoxy) is 3. The topological polar surface area (TPSA) is 137 Å². The highest BCUT2D eigenvalue weighted by Gasteiger charge is 2.63. The van der Waals surface area contributed by atoms with E-state index in [-0.39, 0.29) is 12.5 Å². The molecule has 1 unspecified atom stereocenters. The van der Waals surface area contributed by atoms with Gasteiger partial charge in [0.15, 0.2) is 0 Å². The molecule has 230 valence electrons. The predicted molar refractivity (Wildman–Crippen MR) is 148 cm³/mol. The molecule has 1 atom stereocenters. The lowest BCUT2D eigenvalue weighted by atomic mass is 9.79. The Bertz CT molecular complexity index is 1400. The van der Waals surface area contributed by atoms with Gasteiger partial charge in [-0.1, -0.05) is 17.7 Å². The van der Waals surface area contributed by atoms with E-state index in [2.05, 4.69) is 20.6 Å². The number of benzene rings is 1. The second kappa shape index (κ2) is 13.6. The third-order valence-electron chi connectivity index (χ3n) is 6.93. The molecule has 4 heterocycles. The number of likely N-dealkylation sites (tertiary alicyclic amines) is 1. The average molecular weight is 605 g/mol. The molecule has 12 nitrogen and oxygen atoms in total. The molecule has 0 saturated carbocycles. The molecule has 0 bridgehead atoms. The fourth-order valence-corrected chi connectivity index (χ4v) is 4.40. The molecule has 2 aliphatic heterocycles. The number of rotatable bonds is 9. The van der Waals surface area contributed by atoms with Crippen LogP contribution in [-0.4, -0.2) is 77.2 Å². The van der Waals surface area contributed by atoms with Gasteiger partial charge in [-0.2, -0.15) is 18.3 Å². The van der Waals surface area contributed by atoms with E-state index >= 15 is 0 Å². The zero-order valence-electron chi connectivity index (χ0n) is 23.5. The van der Waals surface area contributed by atoms with Crippen molar-refractivity contribution in [3.05, 3.63) is 65.5 Å². The van der Waals surface area contributed by atoms with Crippen molar-refractivity contribution in [2.45, 2.75) is 38.6 Å². The van der Waals surface area contributed by atoms with Gasteiger partial charge in [0.05, 0.1) is 19.0 Å². The van der Waals surface area contributed by atoms with Crippen molar-refractivity contribution in [3.8, 4) is 11.6 Å². The Kier molecular flexibility index (Phi) is 9.95. The Hall–Kier alpha value is -4.53. The fourth-order valence-electron chi connectivity index (χ4n) is 4.40. The summed E-state index contributed by atoms with van der Waals surface area (Å²) < 4.78 is 58.0. The van der Waals surface area contributed by atoms with E-state index in [1.165, 1.54) is 42.5 Å². The summed E-state index contributed by atoms with van der Waals surface area (Å²) in [5.41, 5.74) is -0.422. The lowest BCUT2D eigenvalue weighted by Crippen LogP contribution is -2.67. The summed E-state index contributed by atoms with van der Waals surface area (Å²) in [5.74, 6) is -0.0322. The highest BCUT2D eigenvalue weighted by Crippen LogP contribution is 2.46. The first-order chi connectivity index (χ1) is 20.5. The highest BCUT2D eigenvalue weighted by atomic mass is 19.4. The van der Waals surface area contributed by atoms with Crippen molar-refractivity contribution < 1.29 is 37.0 Å². The third kappa shape index (κ3) is 8.06. The lowest BCUT2D eigenvalue weighted by molar-refractivity contribution is -0.272. The van der Waals surface area contributed by atoms with Crippen molar-refractivity contribution in [2.75, 3.05) is 38.7 Å². The Labute approximate surface area is 245 Å². The van der Waals surface area contributed by atoms with E-state index < -0.39 is 43.3 Å². The van der Waals surface area contributed by atoms with Crippen LogP contribution in [0.15, 0.2) is 60.2 Å². The number of nitrogens with zero attached hydrogens (tertiary/aromatic N) is 5. The lowest BCUT2D eigenvalue weighted by Gasteiger charge is -2.50. The molecule has 0 spiro atoms. The molecular weight excluding hydrogens is 573 g/mol. The van der Waals surface area contributed by atoms with E-state index in [4.69, 9.17) is 14.2 Å². The number of nitrogens with one attached hydrogen (secondary N) is 1. The standard InChI is InChI=1S/C22H25F3N4O4.C6H6N2O2/c1-15-4-6-17(7-5-15)33-14-21(22(23,24)25)12-28(13-21)19(30)11-29-10-16(9-26-29)27-20(31)18-3-2-8-32-18;1-10-6-4-5(8-9)2-3-7-6/h4-7,9-10,18H,2-3,8,11-14H2,1H3,(H,27,31);2-4H,1H3. The molecule has 2 saturated heterocycles. The maximum absolute atomic E-state index is 13.8. The number of hydrogen-bond donors (Lipinski definition) is 1. The number of methoxy groups -OCH3 is 1. The van der Waals surface area contributed by atoms with E-state index in [1.54, 1.807) is 24.3 Å². The SMILES string of the molecule is COc1cc(N=O)ccn1.Cc1ccc(OCC2(C(F)(F)F)CN(C(=O)Cn3cc(NC(=O)C4CCCO4)cn3)C2)cc1. The van der Waals surface area contributed by atoms with Gasteiger partial charge in [0.25, 0.3) is 5.91 Å². The molecule has 5 rings (SSSR count). The monoisotopic (exact) mass is 604 g/mol. The summed E-state index contributed by atoms with van der Waals surface area (Å²) in [5, 5.41) is 9.39. The first-order valence-electron chi connectivity index (χ1n) is 13.3. The van der Waals surface area contributed by atoms with Crippen LogP contribution in [0.1, 0.15) is 18.4 Å². The van der Waals surface area contributed by atoms with Crippen LogP contribution in [0, 0.1) is 17.2 Å². The Morgan fingerprint density at radius 3 is 2.58 bits per heavy atom. The van der Waals surface area contributed by atoms with Gasteiger partial charge >= 0.3 is 6.18 Å². The molecule has 2 aromatic heterocycles. The van der Waals surface area contributed by atoms with Crippen molar-refractivity contribution in [2.24, 2.45) is 10.6 Å². The van der Waals surface area contributed by atoms with Crippen LogP contribution in [0.4, 0.5) is 24.5 Å². The fraction of sp³-hybridized carbons (Fsp3) is 0.429. The number of amides is 2. The molecule has 1 aromatic carbocycles. The van der Waals surface area contributed by atoms with Crippen LogP contribution >= 0.6 is 0 Å². The number of anilines is 1. The molecule has 43 heavy (non-hydrogen) atoms. The van der Waals surface area contributed by atoms with Crippen LogP contribution in [-0.2, 0) is 20.9 Å². The average Bonchev–Trinajstić information content (AvgIpc) is 3.66. The molecule has 2 fully saturated rings. The summed E-state index contributed by atoms with van der Waals surface area (Å²) in [6.45, 7) is 0.650. The normalized spacial score (nSPS) is 17.2. The van der Waals surface area contributed by atoms with E-state index in [0.717, 1.165) is 16.9 Å². The van der Waals surface area contributed by atoms with Crippen LogP contribution in [0.5, 0.6) is 11.6 Å². The Morgan fingerprint density at radius 1 is 1.21 bits per heavy atom. The molecule has 15 heteroatoms. The predicted octanol–water partition coefficient (Wildman–Crippen LogP) is 4.27. The van der Waals surface area contributed by atoms with E-state index in [0.29, 0.717) is 36.0 Å². The highest BCUT2D eigenvalue weighted by molar-refractivity contribution is 5.94. The molecule has 0 radical (unpaired) electrons. The number of halogens is 3. The van der Waals surface area contributed by atoms with Gasteiger partial charge in [0.1, 0.15) is 36.1 Å². The summed E-state index contributed by atoms with van der Waals surface area (Å²) in [7, 11) is 1.48. The van der Waals surface area contributed by atoms with Crippen LogP contribution in [0.2, 0.25) is 0 Å². The minimum Gasteiger partial charge on any atom is -0.493 e. The van der Waals surface area contributed by atoms with Crippen molar-refractivity contribution in [3.63, 3.8) is 0 Å². The first-order valence-corrected chi connectivity index (χ1v) is 13.3. The smallest absolute Gasteiger partial charge is 0.401 e. The van der Waals surface area contributed by atoms with Gasteiger partial charge in [-0.05, 0) is 43.1 Å². The number of carbonyl (C=O) groups is 2. The van der Waals surface area contributed by atoms with Gasteiger partial charge in [0.2, 0.25) is 11.8 Å². The summed E-state index contributed by atoms with van der Waals surface area (Å²) in [6, 6.07) is 9.73. The summed E-state index contributed by atoms with van der Waals surface area (Å²) in [6.07, 6.45) is 0.747. The van der Waals surface area contributed by atoms with E-state index in [1.807, 2.05) is 6.92 Å². The van der Waals surface area contributed by atoms with Gasteiger partial charge in [0, 0.05) is 38.2 Å². The zero-order chi connectivity index (χ0) is 31.0. The quantitative estimate of drug-likeness (QED) is 0.358. The summed E-state index contributed by atoms with van der Waals surface area (Å²) >= 11 is 0. The number of aryl methyl sites for hydroxylation is 1. The minimum absolute atomic E-state index is 0.234. The maximum Gasteiger partial charge on any atom is 0.401 e. The molecule has 1 N–H and O–H groups in total. The third-order valence-corrected chi connectivity index (χ3v) is 6.93. The van der Waals surface area contributed by atoms with E-state index in [9.17, 15) is 27.7 Å². The molecule has 2 amide bonds. The number of carbonyl (C=O) groups excluding carboxylic acids is 2. The second-order valence-corrected chi connectivity index (χ2v) is 10.2. The van der Waals surface area contributed by atoms with Crippen molar-refractivity contribution >= 4 is 23.2 Å². The Morgan fingerprint density at radius 2 is 1.95 bits per heavy atom. The van der Waals surface area contributed by atoms with Crippen molar-refractivity contribution in [1.29, 1.82) is 0 Å². The summed E-state index contributed by atoms with van der Waals surface area (Å²) in [4.78, 5) is 39.5. The second-order valence-electron chi connectivity index (χ2n) is 10.2. The van der Waals surface area contributed by atoms with Gasteiger partial charge in [-0.3, -0.25) is 14.3 Å². The molecule has 2 aliphatic rings. The van der Waals surface area contributed by atoms with Gasteiger partial charge in [-0.25, -0.2) is 4.98 Å². The minimum atomic E-state index is -4.51. The molecule has 3 aromatic rings. The number of hydrogen-bond acceptors (Lipinski definition) is 9. The Balaban J connectivity index is 0.000000359. The van der Waals surface area contributed by atoms with Gasteiger partial charge < -0.3 is 24.4 Å². The number of aromatic nitrogens is 3. The molecule has 0 aliphatic carbocycles. The van der Waals surface area contributed by atoms with Crippen LogP contribution < -0.4 is 14.8 Å². The zero-order valence-corrected chi connectivity index (χ0v) is 23.5. The van der Waals surface area contributed by atoms with Crippen LogP contribution in [0.25, 0.3) is 0 Å². The molecular formula is C28H31F3N6O6. The van der Waals surface area contributed by atoms with Crippen molar-refractivity contribution in [1.82, 2.24) is 19.7 Å². The number of pyridine rings is 1.